The molecular weight excluding hydrogens is 152 g/mol. The van der Waals surface area contributed by atoms with Gasteiger partial charge in [-0.25, -0.2) is 0 Å². The van der Waals surface area contributed by atoms with E-state index in [2.05, 4.69) is 0 Å². The maximum atomic E-state index is 11.3. The van der Waals surface area contributed by atoms with Gasteiger partial charge in [0, 0.05) is 0 Å². The summed E-state index contributed by atoms with van der Waals surface area (Å²) >= 11 is 0. The minimum atomic E-state index is -0.00870. The Morgan fingerprint density at radius 2 is 2.42 bits per heavy atom. The van der Waals surface area contributed by atoms with E-state index in [0.29, 0.717) is 6.61 Å². The summed E-state index contributed by atoms with van der Waals surface area (Å²) in [6, 6.07) is 0. The van der Waals surface area contributed by atoms with Crippen LogP contribution in [0.5, 0.6) is 0 Å². The predicted octanol–water partition coefficient (Wildman–Crippen LogP) is 2.30. The van der Waals surface area contributed by atoms with Crippen molar-refractivity contribution in [2.24, 2.45) is 5.92 Å². The summed E-state index contributed by atoms with van der Waals surface area (Å²) in [5.41, 5.74) is 0. The maximum Gasteiger partial charge on any atom is 0.309 e. The SMILES string of the molecule is CC=CCC1CCCCOC1=O. The van der Waals surface area contributed by atoms with Crippen LogP contribution in [0.2, 0.25) is 0 Å². The van der Waals surface area contributed by atoms with Crippen molar-refractivity contribution in [3.63, 3.8) is 0 Å². The molecule has 1 aliphatic rings. The van der Waals surface area contributed by atoms with Crippen molar-refractivity contribution in [1.82, 2.24) is 0 Å². The average molecular weight is 168 g/mol. The van der Waals surface area contributed by atoms with Gasteiger partial charge in [-0.15, -0.1) is 0 Å². The van der Waals surface area contributed by atoms with Gasteiger partial charge in [-0.3, -0.25) is 4.79 Å². The fourth-order valence-electron chi connectivity index (χ4n) is 1.42. The van der Waals surface area contributed by atoms with Crippen LogP contribution in [0.3, 0.4) is 0 Å². The average Bonchev–Trinajstić information content (AvgIpc) is 2.27. The van der Waals surface area contributed by atoms with Crippen molar-refractivity contribution < 1.29 is 9.53 Å². The zero-order valence-electron chi connectivity index (χ0n) is 7.58. The topological polar surface area (TPSA) is 26.3 Å². The van der Waals surface area contributed by atoms with Crippen LogP contribution < -0.4 is 0 Å². The van der Waals surface area contributed by atoms with E-state index in [1.54, 1.807) is 0 Å². The van der Waals surface area contributed by atoms with Crippen LogP contribution in [0.4, 0.5) is 0 Å². The molecule has 68 valence electrons. The third kappa shape index (κ3) is 2.68. The van der Waals surface area contributed by atoms with Crippen molar-refractivity contribution in [2.45, 2.75) is 32.6 Å². The summed E-state index contributed by atoms with van der Waals surface area (Å²) in [6.07, 6.45) is 8.00. The molecule has 0 bridgehead atoms. The van der Waals surface area contributed by atoms with Crippen molar-refractivity contribution >= 4 is 5.97 Å². The van der Waals surface area contributed by atoms with E-state index in [4.69, 9.17) is 4.74 Å². The third-order valence-corrected chi connectivity index (χ3v) is 2.18. The Morgan fingerprint density at radius 1 is 1.58 bits per heavy atom. The second-order valence-electron chi connectivity index (χ2n) is 3.16. The normalized spacial score (nSPS) is 25.4. The van der Waals surface area contributed by atoms with Crippen LogP contribution >= 0.6 is 0 Å². The number of carbonyl (C=O) groups excluding carboxylic acids is 1. The fraction of sp³-hybridized carbons (Fsp3) is 0.700. The highest BCUT2D eigenvalue weighted by molar-refractivity contribution is 5.72. The van der Waals surface area contributed by atoms with Crippen LogP contribution in [0, 0.1) is 5.92 Å². The summed E-state index contributed by atoms with van der Waals surface area (Å²) in [4.78, 5) is 11.3. The summed E-state index contributed by atoms with van der Waals surface area (Å²) in [5.74, 6) is 0.106. The lowest BCUT2D eigenvalue weighted by Crippen LogP contribution is -2.14. The molecule has 1 saturated heterocycles. The van der Waals surface area contributed by atoms with Gasteiger partial charge in [-0.1, -0.05) is 12.2 Å². The number of hydrogen-bond acceptors (Lipinski definition) is 2. The zero-order chi connectivity index (χ0) is 8.81. The largest absolute Gasteiger partial charge is 0.465 e. The molecule has 0 aromatic heterocycles. The molecular formula is C10H16O2. The molecule has 12 heavy (non-hydrogen) atoms. The second kappa shape index (κ2) is 4.96. The predicted molar refractivity (Wildman–Crippen MR) is 47.7 cm³/mol. The first-order valence-corrected chi connectivity index (χ1v) is 4.62. The first-order valence-electron chi connectivity index (χ1n) is 4.62. The quantitative estimate of drug-likeness (QED) is 0.467. The van der Waals surface area contributed by atoms with Gasteiger partial charge in [0.25, 0.3) is 0 Å². The molecule has 1 atom stereocenters. The van der Waals surface area contributed by atoms with Crippen molar-refractivity contribution in [3.8, 4) is 0 Å². The molecule has 0 spiro atoms. The smallest absolute Gasteiger partial charge is 0.309 e. The number of esters is 1. The molecule has 1 heterocycles. The summed E-state index contributed by atoms with van der Waals surface area (Å²) in [5, 5.41) is 0. The molecule has 0 saturated carbocycles. The van der Waals surface area contributed by atoms with Crippen LogP contribution in [0.25, 0.3) is 0 Å². The lowest BCUT2D eigenvalue weighted by molar-refractivity contribution is -0.147. The van der Waals surface area contributed by atoms with Crippen LogP contribution in [-0.4, -0.2) is 12.6 Å². The molecule has 0 aliphatic carbocycles. The van der Waals surface area contributed by atoms with E-state index >= 15 is 0 Å². The highest BCUT2D eigenvalue weighted by Gasteiger charge is 2.20. The Morgan fingerprint density at radius 3 is 3.17 bits per heavy atom. The Bertz CT molecular complexity index is 173. The highest BCUT2D eigenvalue weighted by Crippen LogP contribution is 2.18. The second-order valence-corrected chi connectivity index (χ2v) is 3.16. The van der Waals surface area contributed by atoms with Gasteiger partial charge in [-0.2, -0.15) is 0 Å². The monoisotopic (exact) mass is 168 g/mol. The van der Waals surface area contributed by atoms with Crippen LogP contribution in [0.1, 0.15) is 32.6 Å². The Kier molecular flexibility index (Phi) is 3.85. The molecule has 1 fully saturated rings. The first kappa shape index (κ1) is 9.30. The van der Waals surface area contributed by atoms with Crippen molar-refractivity contribution in [2.75, 3.05) is 6.61 Å². The van der Waals surface area contributed by atoms with Gasteiger partial charge >= 0.3 is 5.97 Å². The summed E-state index contributed by atoms with van der Waals surface area (Å²) < 4.78 is 5.04. The Balaban J connectivity index is 2.42. The zero-order valence-corrected chi connectivity index (χ0v) is 7.58. The number of cyclic esters (lactones) is 1. The summed E-state index contributed by atoms with van der Waals surface area (Å²) in [7, 11) is 0. The van der Waals surface area contributed by atoms with Crippen molar-refractivity contribution in [3.05, 3.63) is 12.2 Å². The molecule has 0 radical (unpaired) electrons. The molecule has 2 nitrogen and oxygen atoms in total. The molecule has 2 heteroatoms. The molecule has 0 amide bonds. The van der Waals surface area contributed by atoms with E-state index < -0.39 is 0 Å². The fourth-order valence-corrected chi connectivity index (χ4v) is 1.42. The van der Waals surface area contributed by atoms with Crippen LogP contribution in [-0.2, 0) is 9.53 Å². The summed E-state index contributed by atoms with van der Waals surface area (Å²) in [6.45, 7) is 2.59. The van der Waals surface area contributed by atoms with Crippen molar-refractivity contribution in [1.29, 1.82) is 0 Å². The van der Waals surface area contributed by atoms with E-state index in [1.807, 2.05) is 19.1 Å². The van der Waals surface area contributed by atoms with E-state index in [0.717, 1.165) is 25.7 Å². The van der Waals surface area contributed by atoms with E-state index in [-0.39, 0.29) is 11.9 Å². The van der Waals surface area contributed by atoms with Gasteiger partial charge < -0.3 is 4.74 Å². The number of carbonyl (C=O) groups is 1. The molecule has 0 aromatic carbocycles. The van der Waals surface area contributed by atoms with Gasteiger partial charge in [-0.05, 0) is 32.6 Å². The minimum Gasteiger partial charge on any atom is -0.465 e. The standard InChI is InChI=1S/C10H16O2/c1-2-3-6-9-7-4-5-8-12-10(9)11/h2-3,9H,4-8H2,1H3. The van der Waals surface area contributed by atoms with E-state index in [9.17, 15) is 4.79 Å². The number of hydrogen-bond donors (Lipinski definition) is 0. The molecule has 1 aliphatic heterocycles. The Hall–Kier alpha value is -0.790. The van der Waals surface area contributed by atoms with E-state index in [1.165, 1.54) is 0 Å². The Labute approximate surface area is 73.6 Å². The number of ether oxygens (including phenoxy) is 1. The van der Waals surface area contributed by atoms with Gasteiger partial charge in [0.2, 0.25) is 0 Å². The van der Waals surface area contributed by atoms with Gasteiger partial charge in [0.15, 0.2) is 0 Å². The third-order valence-electron chi connectivity index (χ3n) is 2.18. The van der Waals surface area contributed by atoms with Gasteiger partial charge in [0.1, 0.15) is 0 Å². The molecule has 1 unspecified atom stereocenters. The minimum absolute atomic E-state index is 0.00870. The number of rotatable bonds is 2. The van der Waals surface area contributed by atoms with Crippen LogP contribution in [0.15, 0.2) is 12.2 Å². The highest BCUT2D eigenvalue weighted by atomic mass is 16.5. The maximum absolute atomic E-state index is 11.3. The lowest BCUT2D eigenvalue weighted by Gasteiger charge is -2.08. The molecule has 0 N–H and O–H groups in total. The molecule has 1 rings (SSSR count). The first-order chi connectivity index (χ1) is 5.84. The lowest BCUT2D eigenvalue weighted by atomic mass is 9.99. The van der Waals surface area contributed by atoms with Gasteiger partial charge in [0.05, 0.1) is 12.5 Å². The number of allylic oxidation sites excluding steroid dienone is 2. The molecule has 0 aromatic rings.